The van der Waals surface area contributed by atoms with E-state index in [-0.39, 0.29) is 5.24 Å². The highest BCUT2D eigenvalue weighted by atomic mass is 32.2. The molecule has 0 aromatic heterocycles. The third-order valence-corrected chi connectivity index (χ3v) is 5.64. The summed E-state index contributed by atoms with van der Waals surface area (Å²) in [5.41, 5.74) is 4.18. The van der Waals surface area contributed by atoms with Crippen molar-refractivity contribution in [2.24, 2.45) is 0 Å². The average Bonchev–Trinajstić information content (AvgIpc) is 3.14. The molecule has 7 heteroatoms. The van der Waals surface area contributed by atoms with E-state index in [4.69, 9.17) is 9.47 Å². The molecule has 2 amide bonds. The summed E-state index contributed by atoms with van der Waals surface area (Å²) in [6.45, 7) is 0.337. The molecule has 3 aromatic rings. The fraction of sp³-hybridized carbons (Fsp3) is 0.0800. The molecule has 0 saturated carbocycles. The zero-order valence-electron chi connectivity index (χ0n) is 17.1. The van der Waals surface area contributed by atoms with Crippen molar-refractivity contribution in [3.8, 4) is 28.7 Å². The first kappa shape index (κ1) is 21.2. The van der Waals surface area contributed by atoms with Crippen molar-refractivity contribution in [2.45, 2.75) is 6.61 Å². The summed E-state index contributed by atoms with van der Waals surface area (Å²) >= 11 is 0.867. The monoisotopic (exact) mass is 442 g/mol. The molecule has 1 aliphatic rings. The Kier molecular flexibility index (Phi) is 6.24. The van der Waals surface area contributed by atoms with Gasteiger partial charge in [-0.1, -0.05) is 48.5 Å². The molecule has 32 heavy (non-hydrogen) atoms. The minimum Gasteiger partial charge on any atom is -0.493 e. The van der Waals surface area contributed by atoms with Crippen molar-refractivity contribution >= 4 is 29.0 Å². The zero-order valence-corrected chi connectivity index (χ0v) is 17.9. The molecule has 0 spiro atoms. The van der Waals surface area contributed by atoms with Crippen molar-refractivity contribution in [2.75, 3.05) is 7.11 Å². The Morgan fingerprint density at radius 2 is 1.81 bits per heavy atom. The number of carbonyl (C=O) groups is 2. The van der Waals surface area contributed by atoms with Crippen molar-refractivity contribution < 1.29 is 19.1 Å². The molecule has 158 valence electrons. The minimum absolute atomic E-state index is 0.337. The number of benzene rings is 3. The number of hydrogen-bond donors (Lipinski definition) is 1. The van der Waals surface area contributed by atoms with E-state index in [1.54, 1.807) is 37.5 Å². The molecule has 4 rings (SSSR count). The van der Waals surface area contributed by atoms with E-state index in [2.05, 4.69) is 11.4 Å². The van der Waals surface area contributed by atoms with Gasteiger partial charge in [-0.3, -0.25) is 14.9 Å². The molecular formula is C25H18N2O4S. The lowest BCUT2D eigenvalue weighted by molar-refractivity contribution is -0.115. The quantitative estimate of drug-likeness (QED) is 0.532. The Hall–Kier alpha value is -4.02. The van der Waals surface area contributed by atoms with Crippen LogP contribution in [0.2, 0.25) is 0 Å². The van der Waals surface area contributed by atoms with Gasteiger partial charge < -0.3 is 9.47 Å². The second-order valence-electron chi connectivity index (χ2n) is 6.91. The number of nitriles is 1. The van der Waals surface area contributed by atoms with Crippen LogP contribution in [0.15, 0.2) is 71.6 Å². The van der Waals surface area contributed by atoms with E-state index in [1.165, 1.54) is 0 Å². The summed E-state index contributed by atoms with van der Waals surface area (Å²) < 4.78 is 11.4. The lowest BCUT2D eigenvalue weighted by Gasteiger charge is -2.12. The molecular weight excluding hydrogens is 424 g/mol. The first-order valence-corrected chi connectivity index (χ1v) is 10.5. The molecule has 1 heterocycles. The number of amides is 2. The van der Waals surface area contributed by atoms with Crippen molar-refractivity contribution in [3.05, 3.63) is 88.3 Å². The third-order valence-electron chi connectivity index (χ3n) is 4.83. The Bertz CT molecular complexity index is 1260. The summed E-state index contributed by atoms with van der Waals surface area (Å²) in [5.74, 6) is 0.682. The normalized spacial score (nSPS) is 14.2. The first-order chi connectivity index (χ1) is 15.6. The lowest BCUT2D eigenvalue weighted by Crippen LogP contribution is -2.17. The number of nitrogens with zero attached hydrogens (tertiary/aromatic N) is 1. The number of imide groups is 1. The Balaban J connectivity index is 1.47. The van der Waals surface area contributed by atoms with Gasteiger partial charge in [0.05, 0.1) is 23.6 Å². The lowest BCUT2D eigenvalue weighted by atomic mass is 9.99. The molecule has 1 saturated heterocycles. The molecule has 0 atom stereocenters. The highest BCUT2D eigenvalue weighted by Gasteiger charge is 2.25. The van der Waals surface area contributed by atoms with Crippen LogP contribution in [-0.2, 0) is 11.4 Å². The van der Waals surface area contributed by atoms with Gasteiger partial charge in [-0.2, -0.15) is 5.26 Å². The number of methoxy groups -OCH3 is 1. The van der Waals surface area contributed by atoms with Crippen LogP contribution in [0.25, 0.3) is 17.2 Å². The Labute approximate surface area is 189 Å². The highest BCUT2D eigenvalue weighted by molar-refractivity contribution is 8.18. The number of rotatable bonds is 6. The molecule has 0 unspecified atom stereocenters. The maximum absolute atomic E-state index is 11.7. The van der Waals surface area contributed by atoms with Crippen molar-refractivity contribution in [1.82, 2.24) is 5.32 Å². The fourth-order valence-electron chi connectivity index (χ4n) is 3.24. The van der Waals surface area contributed by atoms with E-state index in [1.807, 2.05) is 42.5 Å². The molecule has 1 fully saturated rings. The van der Waals surface area contributed by atoms with Gasteiger partial charge in [-0.15, -0.1) is 0 Å². The minimum atomic E-state index is -0.403. The largest absolute Gasteiger partial charge is 0.493 e. The summed E-state index contributed by atoms with van der Waals surface area (Å²) in [6, 6.07) is 22.9. The van der Waals surface area contributed by atoms with Crippen molar-refractivity contribution in [3.63, 3.8) is 0 Å². The van der Waals surface area contributed by atoms with Gasteiger partial charge in [0, 0.05) is 0 Å². The van der Waals surface area contributed by atoms with Crippen molar-refractivity contribution in [1.29, 1.82) is 5.26 Å². The fourth-order valence-corrected chi connectivity index (χ4v) is 3.92. The number of hydrogen-bond acceptors (Lipinski definition) is 6. The highest BCUT2D eigenvalue weighted by Crippen LogP contribution is 2.32. The molecule has 1 aliphatic heterocycles. The first-order valence-electron chi connectivity index (χ1n) is 9.71. The predicted octanol–water partition coefficient (Wildman–Crippen LogP) is 5.14. The number of thioether (sulfide) groups is 1. The van der Waals surface area contributed by atoms with Gasteiger partial charge in [0.15, 0.2) is 11.5 Å². The van der Waals surface area contributed by atoms with Gasteiger partial charge in [0.1, 0.15) is 6.61 Å². The average molecular weight is 442 g/mol. The topological polar surface area (TPSA) is 88.4 Å². The summed E-state index contributed by atoms with van der Waals surface area (Å²) in [7, 11) is 1.54. The van der Waals surface area contributed by atoms with Gasteiger partial charge in [-0.05, 0) is 58.3 Å². The standard InChI is InChI=1S/C25H18N2O4S/c1-30-22-12-17(13-23-24(28)27-25(29)32-23)8-11-21(22)31-15-16-6-9-18(10-7-16)20-5-3-2-4-19(20)14-26/h2-13H,15H2,1H3,(H,27,28,29)/b23-13-. The van der Waals surface area contributed by atoms with Crippen LogP contribution in [0.4, 0.5) is 4.79 Å². The SMILES string of the molecule is COc1cc(/C=C2\SC(=O)NC2=O)ccc1OCc1ccc(-c2ccccc2C#N)cc1. The van der Waals surface area contributed by atoms with Crippen LogP contribution in [0.5, 0.6) is 11.5 Å². The third kappa shape index (κ3) is 4.66. The summed E-state index contributed by atoms with van der Waals surface area (Å²) in [6.07, 6.45) is 1.63. The van der Waals surface area contributed by atoms with E-state index in [9.17, 15) is 14.9 Å². The number of nitrogens with one attached hydrogen (secondary N) is 1. The zero-order chi connectivity index (χ0) is 22.5. The number of carbonyl (C=O) groups excluding carboxylic acids is 2. The maximum Gasteiger partial charge on any atom is 0.290 e. The van der Waals surface area contributed by atoms with E-state index < -0.39 is 5.91 Å². The van der Waals surface area contributed by atoms with Crippen LogP contribution < -0.4 is 14.8 Å². The van der Waals surface area contributed by atoms with E-state index >= 15 is 0 Å². The summed E-state index contributed by atoms with van der Waals surface area (Å²) in [4.78, 5) is 23.4. The summed E-state index contributed by atoms with van der Waals surface area (Å²) in [5, 5.41) is 11.1. The van der Waals surface area contributed by atoms with Gasteiger partial charge in [0.25, 0.3) is 11.1 Å². The molecule has 0 aliphatic carbocycles. The van der Waals surface area contributed by atoms with Gasteiger partial charge >= 0.3 is 0 Å². The van der Waals surface area contributed by atoms with E-state index in [0.717, 1.165) is 34.0 Å². The second-order valence-corrected chi connectivity index (χ2v) is 7.92. The maximum atomic E-state index is 11.7. The number of ether oxygens (including phenoxy) is 2. The molecule has 3 aromatic carbocycles. The van der Waals surface area contributed by atoms with Gasteiger partial charge in [0.2, 0.25) is 0 Å². The van der Waals surface area contributed by atoms with Crippen LogP contribution in [0, 0.1) is 11.3 Å². The van der Waals surface area contributed by atoms with Crippen LogP contribution in [-0.4, -0.2) is 18.3 Å². The predicted molar refractivity (Wildman–Crippen MR) is 123 cm³/mol. The molecule has 1 N–H and O–H groups in total. The van der Waals surface area contributed by atoms with Crippen LogP contribution >= 0.6 is 11.8 Å². The smallest absolute Gasteiger partial charge is 0.290 e. The second kappa shape index (κ2) is 9.41. The van der Waals surface area contributed by atoms with Gasteiger partial charge in [-0.25, -0.2) is 0 Å². The Morgan fingerprint density at radius 3 is 2.50 bits per heavy atom. The molecule has 0 radical (unpaired) electrons. The van der Waals surface area contributed by atoms with Crippen LogP contribution in [0.3, 0.4) is 0 Å². The molecule has 6 nitrogen and oxygen atoms in total. The molecule has 0 bridgehead atoms. The van der Waals surface area contributed by atoms with Crippen LogP contribution in [0.1, 0.15) is 16.7 Å². The Morgan fingerprint density at radius 1 is 1.03 bits per heavy atom. The van der Waals surface area contributed by atoms with E-state index in [0.29, 0.717) is 28.6 Å².